The highest BCUT2D eigenvalue weighted by atomic mass is 19.1. The standard InChI is InChI=1S/C21H29FN4O2/c22-16-5-7-17(8-6-16)23-20(27)14-25-9-11-26(12-10-25)21(28)19-13-15-3-1-2-4-18(15)24-19/h5-8,15,18-19,24H,1-4,9-14H2,(H,23,27). The lowest BCUT2D eigenvalue weighted by Crippen LogP contribution is -2.54. The van der Waals surface area contributed by atoms with Crippen molar-refractivity contribution in [1.82, 2.24) is 15.1 Å². The summed E-state index contributed by atoms with van der Waals surface area (Å²) in [5, 5.41) is 6.35. The van der Waals surface area contributed by atoms with Crippen molar-refractivity contribution in [3.8, 4) is 0 Å². The Balaban J connectivity index is 1.21. The summed E-state index contributed by atoms with van der Waals surface area (Å²) in [6.45, 7) is 3.00. The van der Waals surface area contributed by atoms with Gasteiger partial charge in [-0.2, -0.15) is 0 Å². The molecule has 4 rings (SSSR count). The lowest BCUT2D eigenvalue weighted by Gasteiger charge is -2.35. The zero-order valence-electron chi connectivity index (χ0n) is 16.2. The minimum atomic E-state index is -0.324. The van der Waals surface area contributed by atoms with Crippen LogP contribution in [0.15, 0.2) is 24.3 Å². The molecular formula is C21H29FN4O2. The molecule has 0 spiro atoms. The van der Waals surface area contributed by atoms with Crippen molar-refractivity contribution in [1.29, 1.82) is 0 Å². The number of piperazine rings is 1. The molecule has 6 nitrogen and oxygen atoms in total. The van der Waals surface area contributed by atoms with Gasteiger partial charge in [0.15, 0.2) is 0 Å². The van der Waals surface area contributed by atoms with Gasteiger partial charge < -0.3 is 15.5 Å². The molecular weight excluding hydrogens is 359 g/mol. The number of benzene rings is 1. The number of hydrogen-bond acceptors (Lipinski definition) is 4. The first kappa shape index (κ1) is 19.3. The van der Waals surface area contributed by atoms with Gasteiger partial charge in [0, 0.05) is 37.9 Å². The molecule has 2 N–H and O–H groups in total. The molecule has 0 aromatic heterocycles. The van der Waals surface area contributed by atoms with Crippen LogP contribution in [0.2, 0.25) is 0 Å². The molecule has 1 aromatic rings. The predicted octanol–water partition coefficient (Wildman–Crippen LogP) is 1.83. The predicted molar refractivity (Wildman–Crippen MR) is 105 cm³/mol. The maximum absolute atomic E-state index is 12.9. The fraction of sp³-hybridized carbons (Fsp3) is 0.619. The number of fused-ring (bicyclic) bond motifs is 1. The summed E-state index contributed by atoms with van der Waals surface area (Å²) in [4.78, 5) is 29.1. The van der Waals surface area contributed by atoms with Crippen LogP contribution in [0, 0.1) is 11.7 Å². The largest absolute Gasteiger partial charge is 0.339 e. The Morgan fingerprint density at radius 1 is 1.07 bits per heavy atom. The highest BCUT2D eigenvalue weighted by Gasteiger charge is 2.40. The van der Waals surface area contributed by atoms with Crippen LogP contribution < -0.4 is 10.6 Å². The van der Waals surface area contributed by atoms with E-state index in [2.05, 4.69) is 15.5 Å². The first-order valence-corrected chi connectivity index (χ1v) is 10.4. The number of halogens is 1. The third kappa shape index (κ3) is 4.52. The fourth-order valence-electron chi connectivity index (χ4n) is 4.79. The first-order valence-electron chi connectivity index (χ1n) is 10.4. The van der Waals surface area contributed by atoms with Gasteiger partial charge in [0.25, 0.3) is 0 Å². The second kappa shape index (κ2) is 8.57. The Labute approximate surface area is 165 Å². The summed E-state index contributed by atoms with van der Waals surface area (Å²) in [5.41, 5.74) is 0.592. The highest BCUT2D eigenvalue weighted by Crippen LogP contribution is 2.33. The van der Waals surface area contributed by atoms with Gasteiger partial charge in [-0.1, -0.05) is 12.8 Å². The van der Waals surface area contributed by atoms with Crippen LogP contribution >= 0.6 is 0 Å². The number of carbonyl (C=O) groups excluding carboxylic acids is 2. The second-order valence-electron chi connectivity index (χ2n) is 8.26. The van der Waals surface area contributed by atoms with Crippen LogP contribution in [0.5, 0.6) is 0 Å². The van der Waals surface area contributed by atoms with Crippen LogP contribution in [0.3, 0.4) is 0 Å². The van der Waals surface area contributed by atoms with Crippen molar-refractivity contribution in [3.05, 3.63) is 30.1 Å². The molecule has 0 bridgehead atoms. The number of hydrogen-bond donors (Lipinski definition) is 2. The van der Waals surface area contributed by atoms with Crippen molar-refractivity contribution >= 4 is 17.5 Å². The number of rotatable bonds is 4. The van der Waals surface area contributed by atoms with Crippen molar-refractivity contribution in [2.75, 3.05) is 38.0 Å². The minimum Gasteiger partial charge on any atom is -0.339 e. The van der Waals surface area contributed by atoms with Gasteiger partial charge in [-0.3, -0.25) is 14.5 Å². The molecule has 3 aliphatic rings. The molecule has 2 amide bonds. The third-order valence-corrected chi connectivity index (χ3v) is 6.34. The van der Waals surface area contributed by atoms with Crippen molar-refractivity contribution in [3.63, 3.8) is 0 Å². The Bertz CT molecular complexity index is 689. The van der Waals surface area contributed by atoms with Gasteiger partial charge in [-0.15, -0.1) is 0 Å². The molecule has 3 unspecified atom stereocenters. The van der Waals surface area contributed by atoms with E-state index in [1.54, 1.807) is 12.1 Å². The van der Waals surface area contributed by atoms with E-state index in [0.717, 1.165) is 6.42 Å². The van der Waals surface area contributed by atoms with Crippen molar-refractivity contribution < 1.29 is 14.0 Å². The van der Waals surface area contributed by atoms with Gasteiger partial charge in [0.05, 0.1) is 12.6 Å². The third-order valence-electron chi connectivity index (χ3n) is 6.34. The van der Waals surface area contributed by atoms with Crippen LogP contribution in [0.25, 0.3) is 0 Å². The normalized spacial score (nSPS) is 28.0. The topological polar surface area (TPSA) is 64.7 Å². The molecule has 152 valence electrons. The molecule has 2 aliphatic heterocycles. The van der Waals surface area contributed by atoms with Crippen LogP contribution in [-0.2, 0) is 9.59 Å². The highest BCUT2D eigenvalue weighted by molar-refractivity contribution is 5.92. The Morgan fingerprint density at radius 3 is 2.50 bits per heavy atom. The zero-order chi connectivity index (χ0) is 19.5. The first-order chi connectivity index (χ1) is 13.6. The van der Waals surface area contributed by atoms with Gasteiger partial charge in [-0.25, -0.2) is 4.39 Å². The van der Waals surface area contributed by atoms with Gasteiger partial charge in [-0.05, 0) is 49.4 Å². The molecule has 1 aromatic carbocycles. The maximum atomic E-state index is 12.9. The monoisotopic (exact) mass is 388 g/mol. The van der Waals surface area contributed by atoms with Gasteiger partial charge in [0.2, 0.25) is 11.8 Å². The summed E-state index contributed by atoms with van der Waals surface area (Å²) >= 11 is 0. The van der Waals surface area contributed by atoms with E-state index in [9.17, 15) is 14.0 Å². The second-order valence-corrected chi connectivity index (χ2v) is 8.26. The van der Waals surface area contributed by atoms with E-state index in [1.165, 1.54) is 37.8 Å². The lowest BCUT2D eigenvalue weighted by molar-refractivity contribution is -0.135. The maximum Gasteiger partial charge on any atom is 0.239 e. The summed E-state index contributed by atoms with van der Waals surface area (Å²) in [7, 11) is 0. The van der Waals surface area contributed by atoms with Gasteiger partial charge >= 0.3 is 0 Å². The summed E-state index contributed by atoms with van der Waals surface area (Å²) in [6, 6.07) is 6.26. The molecule has 2 heterocycles. The van der Waals surface area contributed by atoms with Gasteiger partial charge in [0.1, 0.15) is 5.82 Å². The summed E-state index contributed by atoms with van der Waals surface area (Å²) in [6.07, 6.45) is 5.99. The number of anilines is 1. The molecule has 2 saturated heterocycles. The molecule has 28 heavy (non-hydrogen) atoms. The van der Waals surface area contributed by atoms with E-state index in [1.807, 2.05) is 4.90 Å². The van der Waals surface area contributed by atoms with Crippen molar-refractivity contribution in [2.45, 2.75) is 44.2 Å². The lowest BCUT2D eigenvalue weighted by atomic mass is 9.85. The number of nitrogens with one attached hydrogen (secondary N) is 2. The van der Waals surface area contributed by atoms with E-state index in [-0.39, 0.29) is 30.2 Å². The average Bonchev–Trinajstić information content (AvgIpc) is 3.14. The van der Waals surface area contributed by atoms with E-state index < -0.39 is 0 Å². The van der Waals surface area contributed by atoms with E-state index in [4.69, 9.17) is 0 Å². The molecule has 1 saturated carbocycles. The zero-order valence-corrected chi connectivity index (χ0v) is 16.2. The molecule has 3 atom stereocenters. The minimum absolute atomic E-state index is 0.0265. The molecule has 3 fully saturated rings. The SMILES string of the molecule is O=C(CN1CCN(C(=O)C2CC3CCCCC3N2)CC1)Nc1ccc(F)cc1. The Kier molecular flexibility index (Phi) is 5.92. The number of amides is 2. The average molecular weight is 388 g/mol. The summed E-state index contributed by atoms with van der Waals surface area (Å²) in [5.74, 6) is 0.451. The van der Waals surface area contributed by atoms with Crippen LogP contribution in [-0.4, -0.2) is 66.4 Å². The molecule has 0 radical (unpaired) electrons. The molecule has 1 aliphatic carbocycles. The van der Waals surface area contributed by atoms with Crippen molar-refractivity contribution in [2.24, 2.45) is 5.92 Å². The molecule has 7 heteroatoms. The Hall–Kier alpha value is -1.99. The quantitative estimate of drug-likeness (QED) is 0.826. The fourth-order valence-corrected chi connectivity index (χ4v) is 4.79. The Morgan fingerprint density at radius 2 is 1.79 bits per heavy atom. The van der Waals surface area contributed by atoms with Crippen LogP contribution in [0.4, 0.5) is 10.1 Å². The van der Waals surface area contributed by atoms with Crippen LogP contribution in [0.1, 0.15) is 32.1 Å². The van der Waals surface area contributed by atoms with E-state index in [0.29, 0.717) is 43.8 Å². The van der Waals surface area contributed by atoms with E-state index >= 15 is 0 Å². The number of nitrogens with zero attached hydrogens (tertiary/aromatic N) is 2. The smallest absolute Gasteiger partial charge is 0.239 e. The number of carbonyl (C=O) groups is 2. The summed E-state index contributed by atoms with van der Waals surface area (Å²) < 4.78 is 12.9.